The lowest BCUT2D eigenvalue weighted by molar-refractivity contribution is 0.102. The van der Waals surface area contributed by atoms with Crippen molar-refractivity contribution in [3.05, 3.63) is 51.2 Å². The van der Waals surface area contributed by atoms with E-state index in [1.807, 2.05) is 0 Å². The highest BCUT2D eigenvalue weighted by molar-refractivity contribution is 9.10. The maximum Gasteiger partial charge on any atom is 0.258 e. The smallest absolute Gasteiger partial charge is 0.258 e. The van der Waals surface area contributed by atoms with E-state index in [0.717, 1.165) is 8.95 Å². The van der Waals surface area contributed by atoms with Gasteiger partial charge in [0.15, 0.2) is 0 Å². The molecule has 0 aliphatic rings. The summed E-state index contributed by atoms with van der Waals surface area (Å²) >= 11 is 6.53. The normalized spacial score (nSPS) is 10.0. The fourth-order valence-corrected chi connectivity index (χ4v) is 1.62. The second kappa shape index (κ2) is 5.37. The van der Waals surface area contributed by atoms with E-state index >= 15 is 0 Å². The molecular weight excluding hydrogens is 350 g/mol. The number of benzene rings is 1. The third kappa shape index (κ3) is 3.34. The van der Waals surface area contributed by atoms with E-state index in [1.165, 1.54) is 0 Å². The van der Waals surface area contributed by atoms with Crippen LogP contribution in [0.25, 0.3) is 0 Å². The van der Waals surface area contributed by atoms with Crippen LogP contribution in [0.4, 0.5) is 5.95 Å². The molecule has 1 N–H and O–H groups in total. The van der Waals surface area contributed by atoms with Gasteiger partial charge in [0.2, 0.25) is 5.95 Å². The summed E-state index contributed by atoms with van der Waals surface area (Å²) in [4.78, 5) is 19.7. The van der Waals surface area contributed by atoms with Crippen LogP contribution in [0.1, 0.15) is 10.4 Å². The molecule has 0 unspecified atom stereocenters. The summed E-state index contributed by atoms with van der Waals surface area (Å²) < 4.78 is 1.69. The quantitative estimate of drug-likeness (QED) is 0.898. The molecular formula is C11H7Br2N3O. The number of aromatic nitrogens is 2. The van der Waals surface area contributed by atoms with E-state index in [9.17, 15) is 4.79 Å². The van der Waals surface area contributed by atoms with Gasteiger partial charge in [0.05, 0.1) is 4.47 Å². The summed E-state index contributed by atoms with van der Waals surface area (Å²) in [5, 5.41) is 2.61. The lowest BCUT2D eigenvalue weighted by atomic mass is 10.2. The Bertz CT molecular complexity index is 525. The number of carbonyl (C=O) groups is 1. The molecule has 1 amide bonds. The molecule has 0 spiro atoms. The van der Waals surface area contributed by atoms with Crippen LogP contribution in [0.15, 0.2) is 45.6 Å². The number of rotatable bonds is 2. The van der Waals surface area contributed by atoms with Crippen molar-refractivity contribution in [2.75, 3.05) is 5.32 Å². The first-order valence-electron chi connectivity index (χ1n) is 4.69. The average molecular weight is 357 g/mol. The van der Waals surface area contributed by atoms with Crippen molar-refractivity contribution in [1.82, 2.24) is 9.97 Å². The molecule has 0 saturated heterocycles. The Kier molecular flexibility index (Phi) is 3.86. The minimum Gasteiger partial charge on any atom is -0.290 e. The fourth-order valence-electron chi connectivity index (χ4n) is 1.15. The standard InChI is InChI=1S/C11H7Br2N3O/c12-8-3-1-7(2-4-8)10(17)16-11-14-5-9(13)6-15-11/h1-6H,(H,14,15,16,17). The van der Waals surface area contributed by atoms with E-state index in [0.29, 0.717) is 5.56 Å². The van der Waals surface area contributed by atoms with Crippen molar-refractivity contribution in [2.45, 2.75) is 0 Å². The molecule has 17 heavy (non-hydrogen) atoms. The molecule has 86 valence electrons. The van der Waals surface area contributed by atoms with E-state index in [2.05, 4.69) is 47.1 Å². The maximum atomic E-state index is 11.8. The van der Waals surface area contributed by atoms with Gasteiger partial charge in [0.25, 0.3) is 5.91 Å². The summed E-state index contributed by atoms with van der Waals surface area (Å²) in [6.45, 7) is 0. The zero-order valence-electron chi connectivity index (χ0n) is 8.52. The van der Waals surface area contributed by atoms with Gasteiger partial charge in [-0.1, -0.05) is 15.9 Å². The van der Waals surface area contributed by atoms with Crippen LogP contribution in [-0.2, 0) is 0 Å². The Labute approximate surface area is 115 Å². The Morgan fingerprint density at radius 1 is 1.00 bits per heavy atom. The molecule has 1 aromatic carbocycles. The number of nitrogens with zero attached hydrogens (tertiary/aromatic N) is 2. The molecule has 2 aromatic rings. The number of hydrogen-bond donors (Lipinski definition) is 1. The Morgan fingerprint density at radius 3 is 2.18 bits per heavy atom. The summed E-state index contributed by atoms with van der Waals surface area (Å²) in [6, 6.07) is 7.05. The van der Waals surface area contributed by atoms with E-state index in [1.54, 1.807) is 36.7 Å². The van der Waals surface area contributed by atoms with Crippen LogP contribution >= 0.6 is 31.9 Å². The van der Waals surface area contributed by atoms with Crippen LogP contribution in [0.2, 0.25) is 0 Å². The summed E-state index contributed by atoms with van der Waals surface area (Å²) in [5.41, 5.74) is 0.555. The molecule has 0 bridgehead atoms. The van der Waals surface area contributed by atoms with Crippen molar-refractivity contribution < 1.29 is 4.79 Å². The average Bonchev–Trinajstić information content (AvgIpc) is 2.33. The molecule has 2 rings (SSSR count). The molecule has 1 aromatic heterocycles. The van der Waals surface area contributed by atoms with Gasteiger partial charge < -0.3 is 0 Å². The first kappa shape index (κ1) is 12.2. The van der Waals surface area contributed by atoms with Gasteiger partial charge in [0, 0.05) is 22.4 Å². The van der Waals surface area contributed by atoms with Crippen LogP contribution < -0.4 is 5.32 Å². The predicted octanol–water partition coefficient (Wildman–Crippen LogP) is 3.25. The predicted molar refractivity (Wildman–Crippen MR) is 71.8 cm³/mol. The molecule has 0 saturated carbocycles. The SMILES string of the molecule is O=C(Nc1ncc(Br)cn1)c1ccc(Br)cc1. The second-order valence-electron chi connectivity index (χ2n) is 3.19. The molecule has 0 radical (unpaired) electrons. The van der Waals surface area contributed by atoms with Crippen LogP contribution in [0.3, 0.4) is 0 Å². The summed E-state index contributed by atoms with van der Waals surface area (Å²) in [5.74, 6) is 0.0425. The second-order valence-corrected chi connectivity index (χ2v) is 5.02. The highest BCUT2D eigenvalue weighted by Gasteiger charge is 2.06. The molecule has 0 atom stereocenters. The largest absolute Gasteiger partial charge is 0.290 e. The number of nitrogens with one attached hydrogen (secondary N) is 1. The zero-order valence-corrected chi connectivity index (χ0v) is 11.7. The summed E-state index contributed by atoms with van der Waals surface area (Å²) in [7, 11) is 0. The van der Waals surface area contributed by atoms with E-state index in [4.69, 9.17) is 0 Å². The first-order valence-corrected chi connectivity index (χ1v) is 6.28. The van der Waals surface area contributed by atoms with Crippen molar-refractivity contribution in [3.63, 3.8) is 0 Å². The number of halogens is 2. The van der Waals surface area contributed by atoms with Gasteiger partial charge >= 0.3 is 0 Å². The molecule has 0 aliphatic carbocycles. The zero-order chi connectivity index (χ0) is 12.3. The van der Waals surface area contributed by atoms with Crippen molar-refractivity contribution in [3.8, 4) is 0 Å². The first-order chi connectivity index (χ1) is 8.15. The number of amides is 1. The molecule has 0 fully saturated rings. The molecule has 0 aliphatic heterocycles. The number of hydrogen-bond acceptors (Lipinski definition) is 3. The third-order valence-corrected chi connectivity index (χ3v) is 2.89. The Hall–Kier alpha value is -1.27. The Morgan fingerprint density at radius 2 is 1.59 bits per heavy atom. The van der Waals surface area contributed by atoms with Crippen molar-refractivity contribution in [1.29, 1.82) is 0 Å². The fraction of sp³-hybridized carbons (Fsp3) is 0. The van der Waals surface area contributed by atoms with Crippen LogP contribution in [0, 0.1) is 0 Å². The lowest BCUT2D eigenvalue weighted by Crippen LogP contribution is -2.13. The number of anilines is 1. The number of carbonyl (C=O) groups excluding carboxylic acids is 1. The van der Waals surface area contributed by atoms with Gasteiger partial charge in [-0.2, -0.15) is 0 Å². The highest BCUT2D eigenvalue weighted by atomic mass is 79.9. The van der Waals surface area contributed by atoms with Gasteiger partial charge in [0.1, 0.15) is 0 Å². The Balaban J connectivity index is 2.11. The van der Waals surface area contributed by atoms with Gasteiger partial charge in [-0.05, 0) is 40.2 Å². The van der Waals surface area contributed by atoms with Gasteiger partial charge in [-0.3, -0.25) is 10.1 Å². The minimum absolute atomic E-state index is 0.236. The van der Waals surface area contributed by atoms with Gasteiger partial charge in [-0.25, -0.2) is 9.97 Å². The minimum atomic E-state index is -0.236. The van der Waals surface area contributed by atoms with Crippen LogP contribution in [-0.4, -0.2) is 15.9 Å². The molecule has 1 heterocycles. The van der Waals surface area contributed by atoms with Gasteiger partial charge in [-0.15, -0.1) is 0 Å². The van der Waals surface area contributed by atoms with Crippen LogP contribution in [0.5, 0.6) is 0 Å². The van der Waals surface area contributed by atoms with E-state index in [-0.39, 0.29) is 11.9 Å². The lowest BCUT2D eigenvalue weighted by Gasteiger charge is -2.03. The molecule has 4 nitrogen and oxygen atoms in total. The summed E-state index contributed by atoms with van der Waals surface area (Å²) in [6.07, 6.45) is 3.15. The monoisotopic (exact) mass is 355 g/mol. The molecule has 6 heteroatoms. The topological polar surface area (TPSA) is 54.9 Å². The maximum absolute atomic E-state index is 11.8. The third-order valence-electron chi connectivity index (χ3n) is 1.95. The van der Waals surface area contributed by atoms with Crippen molar-refractivity contribution >= 4 is 43.7 Å². The highest BCUT2D eigenvalue weighted by Crippen LogP contribution is 2.12. The van der Waals surface area contributed by atoms with E-state index < -0.39 is 0 Å². The van der Waals surface area contributed by atoms with Crippen molar-refractivity contribution in [2.24, 2.45) is 0 Å².